The van der Waals surface area contributed by atoms with E-state index < -0.39 is 17.9 Å². The molecule has 1 aliphatic heterocycles. The second-order valence-corrected chi connectivity index (χ2v) is 7.62. The topological polar surface area (TPSA) is 124 Å². The Hall–Kier alpha value is -2.82. The van der Waals surface area contributed by atoms with Gasteiger partial charge >= 0.3 is 17.9 Å². The number of fused-ring (bicyclic) bond motifs is 1. The third-order valence-corrected chi connectivity index (χ3v) is 4.91. The van der Waals surface area contributed by atoms with Crippen LogP contribution in [-0.2, 0) is 16.0 Å². The van der Waals surface area contributed by atoms with Gasteiger partial charge in [0.1, 0.15) is 0 Å². The number of H-pyrrole nitrogens is 1. The average molecular weight is 431 g/mol. The van der Waals surface area contributed by atoms with Crippen molar-refractivity contribution in [2.24, 2.45) is 5.92 Å². The van der Waals surface area contributed by atoms with Gasteiger partial charge in [0.25, 0.3) is 0 Å². The summed E-state index contributed by atoms with van der Waals surface area (Å²) in [5.41, 5.74) is 1.77. The van der Waals surface area contributed by atoms with Crippen LogP contribution >= 0.6 is 0 Å². The van der Waals surface area contributed by atoms with Crippen LogP contribution in [0, 0.1) is 5.92 Å². The van der Waals surface area contributed by atoms with Gasteiger partial charge in [0.05, 0.1) is 11.9 Å². The van der Waals surface area contributed by atoms with Crippen molar-refractivity contribution in [2.45, 2.75) is 44.8 Å². The molecule has 8 nitrogen and oxygen atoms in total. The number of aliphatic carboxylic acids is 1. The standard InChI is InChI=1S/C17H23N3O3.C2HF3O2/c1-17(2,12-5-7-18-8-6-12)20-15(21)10-11-3-4-14-13(9-11)19-16(22)23-14;3-2(4,5)1(6)7/h3-4,9,12,18H,5-8,10H2,1-2H3,(H,19,22)(H,20,21);(H,6,7). The number of piperidine rings is 1. The molecule has 1 amide bonds. The predicted molar refractivity (Wildman–Crippen MR) is 102 cm³/mol. The maximum absolute atomic E-state index is 12.4. The summed E-state index contributed by atoms with van der Waals surface area (Å²) in [5.74, 6) is -2.75. The molecule has 1 aromatic heterocycles. The first-order valence-corrected chi connectivity index (χ1v) is 9.32. The van der Waals surface area contributed by atoms with E-state index in [9.17, 15) is 22.8 Å². The minimum absolute atomic E-state index is 0.00118. The number of carbonyl (C=O) groups is 2. The molecule has 2 aromatic rings. The zero-order chi connectivity index (χ0) is 22.5. The maximum Gasteiger partial charge on any atom is 0.490 e. The zero-order valence-electron chi connectivity index (χ0n) is 16.6. The number of aromatic amines is 1. The number of nitrogens with one attached hydrogen (secondary N) is 3. The summed E-state index contributed by atoms with van der Waals surface area (Å²) in [6.45, 7) is 6.21. The summed E-state index contributed by atoms with van der Waals surface area (Å²) < 4.78 is 36.7. The summed E-state index contributed by atoms with van der Waals surface area (Å²) in [4.78, 5) is 35.1. The van der Waals surface area contributed by atoms with Crippen molar-refractivity contribution < 1.29 is 32.3 Å². The fourth-order valence-electron chi connectivity index (χ4n) is 3.34. The van der Waals surface area contributed by atoms with Crippen molar-refractivity contribution in [3.05, 3.63) is 34.3 Å². The molecule has 0 saturated carbocycles. The lowest BCUT2D eigenvalue weighted by molar-refractivity contribution is -0.192. The molecule has 0 radical (unpaired) electrons. The Morgan fingerprint density at radius 3 is 2.40 bits per heavy atom. The van der Waals surface area contributed by atoms with Crippen molar-refractivity contribution in [2.75, 3.05) is 13.1 Å². The number of hydrogen-bond acceptors (Lipinski definition) is 5. The number of aromatic nitrogens is 1. The molecule has 0 bridgehead atoms. The largest absolute Gasteiger partial charge is 0.490 e. The summed E-state index contributed by atoms with van der Waals surface area (Å²) in [7, 11) is 0. The van der Waals surface area contributed by atoms with Gasteiger partial charge < -0.3 is 20.2 Å². The molecule has 3 rings (SSSR count). The fraction of sp³-hybridized carbons (Fsp3) is 0.526. The van der Waals surface area contributed by atoms with Crippen LogP contribution in [0.5, 0.6) is 0 Å². The Morgan fingerprint density at radius 2 is 1.83 bits per heavy atom. The highest BCUT2D eigenvalue weighted by molar-refractivity contribution is 5.81. The van der Waals surface area contributed by atoms with E-state index in [4.69, 9.17) is 14.3 Å². The van der Waals surface area contributed by atoms with Crippen LogP contribution in [0.15, 0.2) is 27.4 Å². The molecule has 166 valence electrons. The van der Waals surface area contributed by atoms with Crippen LogP contribution in [0.2, 0.25) is 0 Å². The Morgan fingerprint density at radius 1 is 1.23 bits per heavy atom. The van der Waals surface area contributed by atoms with Gasteiger partial charge in [-0.25, -0.2) is 9.59 Å². The second kappa shape index (κ2) is 9.33. The Bertz CT molecular complexity index is 943. The van der Waals surface area contributed by atoms with E-state index in [1.165, 1.54) is 0 Å². The number of carbonyl (C=O) groups excluding carboxylic acids is 1. The molecule has 0 atom stereocenters. The molecule has 1 saturated heterocycles. The molecule has 1 aliphatic rings. The molecule has 1 aromatic carbocycles. The molecule has 2 heterocycles. The summed E-state index contributed by atoms with van der Waals surface area (Å²) in [6, 6.07) is 5.32. The average Bonchev–Trinajstić information content (AvgIpc) is 3.01. The van der Waals surface area contributed by atoms with E-state index in [1.807, 2.05) is 6.07 Å². The number of carboxylic acids is 1. The zero-order valence-corrected chi connectivity index (χ0v) is 16.6. The highest BCUT2D eigenvalue weighted by Gasteiger charge is 2.38. The molecule has 0 aliphatic carbocycles. The van der Waals surface area contributed by atoms with Crippen molar-refractivity contribution in [1.82, 2.24) is 15.6 Å². The van der Waals surface area contributed by atoms with Gasteiger partial charge in [-0.1, -0.05) is 6.07 Å². The molecule has 30 heavy (non-hydrogen) atoms. The SMILES string of the molecule is CC(C)(NC(=O)Cc1ccc2oc(=O)[nH]c2c1)C1CCNCC1.O=C(O)C(F)(F)F. The van der Waals surface area contributed by atoms with Crippen molar-refractivity contribution >= 4 is 23.0 Å². The minimum atomic E-state index is -5.08. The third kappa shape index (κ3) is 6.61. The number of oxazole rings is 1. The highest BCUT2D eigenvalue weighted by atomic mass is 19.4. The molecular formula is C19H24F3N3O5. The van der Waals surface area contributed by atoms with Gasteiger partial charge in [0.2, 0.25) is 5.91 Å². The monoisotopic (exact) mass is 431 g/mol. The van der Waals surface area contributed by atoms with E-state index in [1.54, 1.807) is 12.1 Å². The first-order valence-electron chi connectivity index (χ1n) is 9.32. The number of rotatable bonds is 4. The molecule has 0 unspecified atom stereocenters. The molecule has 0 spiro atoms. The lowest BCUT2D eigenvalue weighted by Crippen LogP contribution is -2.52. The summed E-state index contributed by atoms with van der Waals surface area (Å²) >= 11 is 0. The molecule has 1 fully saturated rings. The normalized spacial score (nSPS) is 15.4. The fourth-order valence-corrected chi connectivity index (χ4v) is 3.34. The van der Waals surface area contributed by atoms with Crippen LogP contribution in [0.4, 0.5) is 13.2 Å². The van der Waals surface area contributed by atoms with Crippen molar-refractivity contribution in [3.8, 4) is 0 Å². The number of halogens is 3. The molecular weight excluding hydrogens is 407 g/mol. The number of benzene rings is 1. The van der Waals surface area contributed by atoms with Crippen molar-refractivity contribution in [1.29, 1.82) is 0 Å². The van der Waals surface area contributed by atoms with E-state index in [-0.39, 0.29) is 17.9 Å². The van der Waals surface area contributed by atoms with Gasteiger partial charge in [-0.2, -0.15) is 13.2 Å². The smallest absolute Gasteiger partial charge is 0.475 e. The van der Waals surface area contributed by atoms with E-state index >= 15 is 0 Å². The number of carboxylic acid groups (broad SMARTS) is 1. The first-order chi connectivity index (χ1) is 13.9. The van der Waals surface area contributed by atoms with Crippen LogP contribution in [0.3, 0.4) is 0 Å². The van der Waals surface area contributed by atoms with Crippen LogP contribution in [0.25, 0.3) is 11.1 Å². The lowest BCUT2D eigenvalue weighted by atomic mass is 9.80. The molecule has 4 N–H and O–H groups in total. The van der Waals surface area contributed by atoms with Crippen LogP contribution in [-0.4, -0.2) is 46.8 Å². The highest BCUT2D eigenvalue weighted by Crippen LogP contribution is 2.25. The first kappa shape index (κ1) is 23.5. The predicted octanol–water partition coefficient (Wildman–Crippen LogP) is 2.19. The quantitative estimate of drug-likeness (QED) is 0.588. The van der Waals surface area contributed by atoms with E-state index in [0.29, 0.717) is 17.0 Å². The second-order valence-electron chi connectivity index (χ2n) is 7.62. The number of amides is 1. The summed E-state index contributed by atoms with van der Waals surface area (Å²) in [6.07, 6.45) is -2.64. The maximum atomic E-state index is 12.4. The third-order valence-electron chi connectivity index (χ3n) is 4.91. The lowest BCUT2D eigenvalue weighted by Gasteiger charge is -2.38. The summed E-state index contributed by atoms with van der Waals surface area (Å²) in [5, 5.41) is 13.6. The Labute approximate surface area is 169 Å². The Balaban J connectivity index is 0.000000396. The van der Waals surface area contributed by atoms with E-state index in [2.05, 4.69) is 29.5 Å². The van der Waals surface area contributed by atoms with Crippen LogP contribution < -0.4 is 16.4 Å². The number of hydrogen-bond donors (Lipinski definition) is 4. The van der Waals surface area contributed by atoms with Gasteiger partial charge in [-0.05, 0) is 63.4 Å². The number of alkyl halides is 3. The Kier molecular flexibility index (Phi) is 7.30. The van der Waals surface area contributed by atoms with Crippen molar-refractivity contribution in [3.63, 3.8) is 0 Å². The van der Waals surface area contributed by atoms with Gasteiger partial charge in [0.15, 0.2) is 5.58 Å². The minimum Gasteiger partial charge on any atom is -0.475 e. The van der Waals surface area contributed by atoms with E-state index in [0.717, 1.165) is 31.5 Å². The van der Waals surface area contributed by atoms with Gasteiger partial charge in [-0.3, -0.25) is 9.78 Å². The van der Waals surface area contributed by atoms with Gasteiger partial charge in [-0.15, -0.1) is 0 Å². The molecule has 11 heteroatoms. The van der Waals surface area contributed by atoms with Crippen LogP contribution in [0.1, 0.15) is 32.3 Å². The van der Waals surface area contributed by atoms with Gasteiger partial charge in [0, 0.05) is 5.54 Å².